The molecule has 0 atom stereocenters. The average Bonchev–Trinajstić information content (AvgIpc) is 3.28. The zero-order valence-corrected chi connectivity index (χ0v) is 25.2. The van der Waals surface area contributed by atoms with Gasteiger partial charge < -0.3 is 19.0 Å². The maximum absolute atomic E-state index is 13.0. The smallest absolute Gasteiger partial charge is 0.349 e. The fourth-order valence-electron chi connectivity index (χ4n) is 5.15. The number of ether oxygens (including phenoxy) is 1. The van der Waals surface area contributed by atoms with Crippen LogP contribution in [0.2, 0.25) is 0 Å². The number of aryl methyl sites for hydroxylation is 1. The summed E-state index contributed by atoms with van der Waals surface area (Å²) in [6.45, 7) is 10.0. The van der Waals surface area contributed by atoms with Crippen molar-refractivity contribution >= 4 is 50.7 Å². The monoisotopic (exact) mass is 564 g/mol. The fraction of sp³-hybridized carbons (Fsp3) is 0.294. The van der Waals surface area contributed by atoms with Crippen LogP contribution in [0.1, 0.15) is 51.3 Å². The zero-order chi connectivity index (χ0) is 30.6. The molecule has 0 amide bonds. The van der Waals surface area contributed by atoms with Gasteiger partial charge in [0.25, 0.3) is 0 Å². The van der Waals surface area contributed by atoms with Crippen LogP contribution in [0.3, 0.4) is 0 Å². The van der Waals surface area contributed by atoms with Crippen LogP contribution in [0.4, 0.5) is 5.69 Å². The van der Waals surface area contributed by atoms with Crippen molar-refractivity contribution in [3.8, 4) is 6.07 Å². The third kappa shape index (κ3) is 5.91. The lowest BCUT2D eigenvalue weighted by atomic mass is 9.91. The number of fused-ring (bicyclic) bond motifs is 3. The highest BCUT2D eigenvalue weighted by Crippen LogP contribution is 2.36. The lowest BCUT2D eigenvalue weighted by Crippen LogP contribution is -2.11. The number of hydrogen-bond acceptors (Lipinski definition) is 7. The number of benzene rings is 3. The largest absolute Gasteiger partial charge is 0.462 e. The van der Waals surface area contributed by atoms with Crippen molar-refractivity contribution in [2.45, 2.75) is 41.2 Å². The molecule has 1 heterocycles. The first-order valence-corrected chi connectivity index (χ1v) is 14.0. The van der Waals surface area contributed by atoms with Crippen molar-refractivity contribution in [2.24, 2.45) is 11.1 Å². The number of aromatic nitrogens is 1. The summed E-state index contributed by atoms with van der Waals surface area (Å²) in [7, 11) is 3.91. The summed E-state index contributed by atoms with van der Waals surface area (Å²) in [5.41, 5.74) is 6.49. The number of nitrogens with zero attached hydrogens (tertiary/aromatic N) is 4. The quantitative estimate of drug-likeness (QED) is 0.0561. The van der Waals surface area contributed by atoms with Gasteiger partial charge in [0.15, 0.2) is 0 Å². The summed E-state index contributed by atoms with van der Waals surface area (Å²) in [4.78, 5) is 31.5. The molecule has 0 aliphatic rings. The molecular formula is C34H36N4O4. The normalized spacial score (nSPS) is 12.3. The molecule has 216 valence electrons. The van der Waals surface area contributed by atoms with Crippen LogP contribution < -0.4 is 4.90 Å². The topological polar surface area (TPSA) is 96.9 Å². The van der Waals surface area contributed by atoms with Crippen LogP contribution >= 0.6 is 0 Å². The first kappa shape index (κ1) is 30.1. The molecule has 0 aliphatic carbocycles. The van der Waals surface area contributed by atoms with E-state index in [1.807, 2.05) is 81.4 Å². The average molecular weight is 565 g/mol. The second kappa shape index (κ2) is 12.7. The minimum absolute atomic E-state index is 0.0133. The molecule has 0 spiro atoms. The predicted molar refractivity (Wildman–Crippen MR) is 167 cm³/mol. The van der Waals surface area contributed by atoms with E-state index in [0.717, 1.165) is 50.7 Å². The van der Waals surface area contributed by atoms with Crippen molar-refractivity contribution in [1.29, 1.82) is 5.26 Å². The van der Waals surface area contributed by atoms with E-state index >= 15 is 0 Å². The van der Waals surface area contributed by atoms with Crippen molar-refractivity contribution in [2.75, 3.05) is 25.6 Å². The molecule has 0 N–H and O–H groups in total. The van der Waals surface area contributed by atoms with Gasteiger partial charge in [0.1, 0.15) is 11.6 Å². The summed E-state index contributed by atoms with van der Waals surface area (Å²) in [5.74, 6) is -1.12. The SMILES string of the molecule is CCOC(=O)C(C#N)=C(c1ccc(N(C)C)cc1)c1ccc2c(c1)c1cc(C(=NOC(C)=O)C(C)C)ccc1n2CC. The van der Waals surface area contributed by atoms with Crippen LogP contribution in [0, 0.1) is 17.2 Å². The number of nitriles is 1. The Hall–Kier alpha value is -4.90. The predicted octanol–water partition coefficient (Wildman–Crippen LogP) is 6.69. The van der Waals surface area contributed by atoms with Gasteiger partial charge in [-0.3, -0.25) is 0 Å². The molecule has 0 bridgehead atoms. The molecule has 0 saturated heterocycles. The Balaban J connectivity index is 2.01. The molecule has 8 nitrogen and oxygen atoms in total. The third-order valence-electron chi connectivity index (χ3n) is 7.10. The van der Waals surface area contributed by atoms with E-state index in [9.17, 15) is 14.9 Å². The molecule has 0 aliphatic heterocycles. The molecule has 4 rings (SSSR count). The minimum atomic E-state index is -0.659. The molecule has 42 heavy (non-hydrogen) atoms. The Morgan fingerprint density at radius 3 is 2.00 bits per heavy atom. The Morgan fingerprint density at radius 2 is 1.50 bits per heavy atom. The number of carbonyl (C=O) groups excluding carboxylic acids is 2. The molecule has 4 aromatic rings. The highest BCUT2D eigenvalue weighted by atomic mass is 16.7. The summed E-state index contributed by atoms with van der Waals surface area (Å²) >= 11 is 0. The summed E-state index contributed by atoms with van der Waals surface area (Å²) in [6.07, 6.45) is 0. The van der Waals surface area contributed by atoms with E-state index in [1.165, 1.54) is 6.92 Å². The fourth-order valence-corrected chi connectivity index (χ4v) is 5.15. The van der Waals surface area contributed by atoms with Crippen LogP contribution in [-0.4, -0.2) is 42.9 Å². The molecule has 0 unspecified atom stereocenters. The first-order chi connectivity index (χ1) is 20.1. The summed E-state index contributed by atoms with van der Waals surface area (Å²) in [5, 5.41) is 16.2. The highest BCUT2D eigenvalue weighted by Gasteiger charge is 2.22. The standard InChI is InChI=1S/C34H36N4O4/c1-8-38-30-16-12-24(32(29(20-35)34(40)41-9-2)23-10-14-26(15-11-23)37(6)7)18-27(30)28-19-25(13-17-31(28)38)33(21(3)4)36-42-22(5)39/h10-19,21H,8-9H2,1-7H3. The summed E-state index contributed by atoms with van der Waals surface area (Å²) < 4.78 is 7.51. The number of esters is 1. The van der Waals surface area contributed by atoms with Gasteiger partial charge in [0.05, 0.1) is 12.3 Å². The Kier molecular flexibility index (Phi) is 9.12. The van der Waals surface area contributed by atoms with Crippen LogP contribution in [-0.2, 0) is 25.7 Å². The zero-order valence-electron chi connectivity index (χ0n) is 25.2. The second-order valence-corrected chi connectivity index (χ2v) is 10.4. The Labute approximate surface area is 246 Å². The molecule has 0 fully saturated rings. The maximum Gasteiger partial charge on any atom is 0.349 e. The molecule has 0 saturated carbocycles. The van der Waals surface area contributed by atoms with Crippen molar-refractivity contribution in [3.63, 3.8) is 0 Å². The minimum Gasteiger partial charge on any atom is -0.462 e. The third-order valence-corrected chi connectivity index (χ3v) is 7.10. The van der Waals surface area contributed by atoms with Gasteiger partial charge in [-0.25, -0.2) is 9.59 Å². The van der Waals surface area contributed by atoms with Crippen LogP contribution in [0.25, 0.3) is 27.4 Å². The van der Waals surface area contributed by atoms with E-state index in [4.69, 9.17) is 9.57 Å². The first-order valence-electron chi connectivity index (χ1n) is 14.0. The van der Waals surface area contributed by atoms with Gasteiger partial charge in [-0.05, 0) is 67.3 Å². The van der Waals surface area contributed by atoms with Gasteiger partial charge in [0.2, 0.25) is 0 Å². The molecule has 8 heteroatoms. The van der Waals surface area contributed by atoms with E-state index in [2.05, 4.69) is 34.8 Å². The second-order valence-electron chi connectivity index (χ2n) is 10.4. The van der Waals surface area contributed by atoms with Gasteiger partial charge in [-0.15, -0.1) is 0 Å². The van der Waals surface area contributed by atoms with E-state index in [-0.39, 0.29) is 18.1 Å². The van der Waals surface area contributed by atoms with Gasteiger partial charge in [-0.2, -0.15) is 5.26 Å². The number of hydrogen-bond donors (Lipinski definition) is 0. The van der Waals surface area contributed by atoms with E-state index in [1.54, 1.807) is 6.92 Å². The number of oxime groups is 1. The van der Waals surface area contributed by atoms with E-state index < -0.39 is 11.9 Å². The van der Waals surface area contributed by atoms with Crippen molar-refractivity contribution < 1.29 is 19.2 Å². The maximum atomic E-state index is 13.0. The lowest BCUT2D eigenvalue weighted by molar-refractivity contribution is -0.141. The van der Waals surface area contributed by atoms with E-state index in [0.29, 0.717) is 11.3 Å². The summed E-state index contributed by atoms with van der Waals surface area (Å²) in [6, 6.07) is 22.0. The molecule has 0 radical (unpaired) electrons. The van der Waals surface area contributed by atoms with Crippen LogP contribution in [0.15, 0.2) is 71.4 Å². The number of anilines is 1. The Bertz CT molecular complexity index is 1750. The lowest BCUT2D eigenvalue weighted by Gasteiger charge is -2.15. The van der Waals surface area contributed by atoms with Crippen molar-refractivity contribution in [3.05, 3.63) is 82.9 Å². The van der Waals surface area contributed by atoms with Gasteiger partial charge in [-0.1, -0.05) is 43.3 Å². The van der Waals surface area contributed by atoms with Gasteiger partial charge in [0, 0.05) is 66.2 Å². The van der Waals surface area contributed by atoms with Crippen molar-refractivity contribution in [1.82, 2.24) is 4.57 Å². The Morgan fingerprint density at radius 1 is 0.929 bits per heavy atom. The number of carbonyl (C=O) groups is 2. The van der Waals surface area contributed by atoms with Crippen LogP contribution in [0.5, 0.6) is 0 Å². The van der Waals surface area contributed by atoms with Gasteiger partial charge >= 0.3 is 11.9 Å². The molecule has 3 aromatic carbocycles. The molecular weight excluding hydrogens is 528 g/mol. The highest BCUT2D eigenvalue weighted by molar-refractivity contribution is 6.14. The number of rotatable bonds is 9. The molecule has 1 aromatic heterocycles.